The summed E-state index contributed by atoms with van der Waals surface area (Å²) in [6.45, 7) is 8.48. The molecule has 1 aliphatic carbocycles. The molecule has 23 heavy (non-hydrogen) atoms. The summed E-state index contributed by atoms with van der Waals surface area (Å²) in [5, 5.41) is 0. The first-order valence-electron chi connectivity index (χ1n) is 8.86. The van der Waals surface area contributed by atoms with Crippen molar-refractivity contribution in [3.63, 3.8) is 0 Å². The van der Waals surface area contributed by atoms with Crippen LogP contribution in [0, 0.1) is 17.8 Å². The second kappa shape index (κ2) is 8.10. The normalized spacial score (nSPS) is 23.0. The molecule has 1 heteroatoms. The third-order valence-corrected chi connectivity index (χ3v) is 5.08. The fourth-order valence-corrected chi connectivity index (χ4v) is 3.41. The maximum absolute atomic E-state index is 12.7. The van der Waals surface area contributed by atoms with E-state index in [1.54, 1.807) is 0 Å². The van der Waals surface area contributed by atoms with Crippen molar-refractivity contribution in [1.29, 1.82) is 0 Å². The Kier molecular flexibility index (Phi) is 6.15. The monoisotopic (exact) mass is 308 g/mol. The highest BCUT2D eigenvalue weighted by Gasteiger charge is 2.34. The van der Waals surface area contributed by atoms with Crippen LogP contribution in [0.15, 0.2) is 54.6 Å². The zero-order chi connectivity index (χ0) is 16.8. The predicted octanol–water partition coefficient (Wildman–Crippen LogP) is 6.24. The van der Waals surface area contributed by atoms with E-state index in [1.807, 2.05) is 44.2 Å². The van der Waals surface area contributed by atoms with E-state index in [1.165, 1.54) is 17.5 Å². The zero-order valence-electron chi connectivity index (χ0n) is 14.8. The summed E-state index contributed by atoms with van der Waals surface area (Å²) in [5.41, 5.74) is 3.22. The third kappa shape index (κ3) is 3.90. The van der Waals surface area contributed by atoms with Crippen LogP contribution in [0.2, 0.25) is 0 Å². The summed E-state index contributed by atoms with van der Waals surface area (Å²) < 4.78 is 0. The van der Waals surface area contributed by atoms with Crippen LogP contribution in [-0.2, 0) is 0 Å². The molecule has 1 saturated carbocycles. The highest BCUT2D eigenvalue weighted by atomic mass is 16.1. The van der Waals surface area contributed by atoms with Crippen molar-refractivity contribution in [3.05, 3.63) is 60.2 Å². The van der Waals surface area contributed by atoms with Gasteiger partial charge in [-0.15, -0.1) is 0 Å². The summed E-state index contributed by atoms with van der Waals surface area (Å²) in [6.07, 6.45) is 2.22. The van der Waals surface area contributed by atoms with Crippen LogP contribution in [0.4, 0.5) is 0 Å². The lowest BCUT2D eigenvalue weighted by Gasteiger charge is -2.17. The van der Waals surface area contributed by atoms with Crippen molar-refractivity contribution >= 4 is 5.78 Å². The summed E-state index contributed by atoms with van der Waals surface area (Å²) in [7, 11) is 0. The lowest BCUT2D eigenvalue weighted by molar-refractivity contribution is 0.0889. The summed E-state index contributed by atoms with van der Waals surface area (Å²) in [5.74, 6) is 1.71. The maximum Gasteiger partial charge on any atom is 0.166 e. The molecule has 0 heterocycles. The van der Waals surface area contributed by atoms with E-state index in [0.717, 1.165) is 12.0 Å². The summed E-state index contributed by atoms with van der Waals surface area (Å²) in [6, 6.07) is 18.4. The van der Waals surface area contributed by atoms with Gasteiger partial charge in [-0.1, -0.05) is 82.3 Å². The first-order chi connectivity index (χ1) is 11.2. The molecule has 3 rings (SSSR count). The van der Waals surface area contributed by atoms with Gasteiger partial charge < -0.3 is 0 Å². The summed E-state index contributed by atoms with van der Waals surface area (Å²) >= 11 is 0. The molecular formula is C22H28O. The summed E-state index contributed by atoms with van der Waals surface area (Å²) in [4.78, 5) is 12.7. The van der Waals surface area contributed by atoms with Gasteiger partial charge in [0.05, 0.1) is 0 Å². The molecule has 0 unspecified atom stereocenters. The Hall–Kier alpha value is -1.89. The molecule has 3 atom stereocenters. The van der Waals surface area contributed by atoms with Crippen LogP contribution >= 0.6 is 0 Å². The molecule has 0 aromatic heterocycles. The number of carbonyl (C=O) groups is 1. The number of hydrogen-bond donors (Lipinski definition) is 0. The smallest absolute Gasteiger partial charge is 0.166 e. The van der Waals surface area contributed by atoms with Crippen LogP contribution in [0.25, 0.3) is 11.1 Å². The van der Waals surface area contributed by atoms with E-state index in [4.69, 9.17) is 0 Å². The molecular weight excluding hydrogens is 280 g/mol. The quantitative estimate of drug-likeness (QED) is 0.613. The van der Waals surface area contributed by atoms with Crippen LogP contribution < -0.4 is 0 Å². The largest absolute Gasteiger partial charge is 0.294 e. The van der Waals surface area contributed by atoms with Gasteiger partial charge in [0.15, 0.2) is 5.78 Å². The Morgan fingerprint density at radius 2 is 1.39 bits per heavy atom. The van der Waals surface area contributed by atoms with Gasteiger partial charge in [-0.2, -0.15) is 0 Å². The van der Waals surface area contributed by atoms with Crippen molar-refractivity contribution in [2.45, 2.75) is 40.5 Å². The standard InChI is InChI=1S/C20H22O.C2H6/c1-14-8-13-19(15(14)2)20(21)18-11-9-17(10-12-18)16-6-4-3-5-7-16;1-2/h3-7,9-12,14-15,19H,8,13H2,1-2H3;1-2H3/t14-,15+,19+;/m1./s1. The molecule has 2 aromatic rings. The average Bonchev–Trinajstić information content (AvgIpc) is 2.96. The van der Waals surface area contributed by atoms with Gasteiger partial charge in [0.2, 0.25) is 0 Å². The minimum absolute atomic E-state index is 0.211. The lowest BCUT2D eigenvalue weighted by atomic mass is 9.86. The molecule has 0 radical (unpaired) electrons. The van der Waals surface area contributed by atoms with Crippen molar-refractivity contribution in [2.24, 2.45) is 17.8 Å². The van der Waals surface area contributed by atoms with E-state index in [9.17, 15) is 4.79 Å². The van der Waals surface area contributed by atoms with Gasteiger partial charge in [-0.25, -0.2) is 0 Å². The SMILES string of the molecule is CC.C[C@H]1[C@H](C)CC[C@@H]1C(=O)c1ccc(-c2ccccc2)cc1. The Bertz CT molecular complexity index is 612. The van der Waals surface area contributed by atoms with E-state index in [-0.39, 0.29) is 5.92 Å². The second-order valence-electron chi connectivity index (χ2n) is 6.33. The van der Waals surface area contributed by atoms with E-state index >= 15 is 0 Å². The Labute approximate surface area is 140 Å². The fourth-order valence-electron chi connectivity index (χ4n) is 3.41. The second-order valence-corrected chi connectivity index (χ2v) is 6.33. The molecule has 122 valence electrons. The first kappa shape index (κ1) is 17.5. The van der Waals surface area contributed by atoms with Gasteiger partial charge in [0, 0.05) is 11.5 Å². The molecule has 0 spiro atoms. The van der Waals surface area contributed by atoms with Crippen LogP contribution in [0.1, 0.15) is 50.9 Å². The minimum atomic E-state index is 0.211. The highest BCUT2D eigenvalue weighted by Crippen LogP contribution is 2.38. The van der Waals surface area contributed by atoms with E-state index in [0.29, 0.717) is 17.6 Å². The molecule has 1 fully saturated rings. The Balaban J connectivity index is 0.000000924. The van der Waals surface area contributed by atoms with Gasteiger partial charge in [0.25, 0.3) is 0 Å². The average molecular weight is 308 g/mol. The van der Waals surface area contributed by atoms with E-state index in [2.05, 4.69) is 38.1 Å². The van der Waals surface area contributed by atoms with Crippen molar-refractivity contribution in [1.82, 2.24) is 0 Å². The van der Waals surface area contributed by atoms with Crippen LogP contribution in [0.3, 0.4) is 0 Å². The molecule has 0 amide bonds. The number of ketones is 1. The molecule has 0 saturated heterocycles. The number of benzene rings is 2. The third-order valence-electron chi connectivity index (χ3n) is 5.08. The molecule has 0 bridgehead atoms. The van der Waals surface area contributed by atoms with Gasteiger partial charge in [-0.05, 0) is 35.8 Å². The molecule has 1 aliphatic rings. The van der Waals surface area contributed by atoms with Crippen molar-refractivity contribution in [2.75, 3.05) is 0 Å². The van der Waals surface area contributed by atoms with Gasteiger partial charge in [-0.3, -0.25) is 4.79 Å². The minimum Gasteiger partial charge on any atom is -0.294 e. The first-order valence-corrected chi connectivity index (χ1v) is 8.86. The lowest BCUT2D eigenvalue weighted by Crippen LogP contribution is -2.19. The van der Waals surface area contributed by atoms with Crippen LogP contribution in [0.5, 0.6) is 0 Å². The Morgan fingerprint density at radius 3 is 1.91 bits per heavy atom. The predicted molar refractivity (Wildman–Crippen MR) is 98.6 cm³/mol. The van der Waals surface area contributed by atoms with E-state index < -0.39 is 0 Å². The number of hydrogen-bond acceptors (Lipinski definition) is 1. The number of carbonyl (C=O) groups excluding carboxylic acids is 1. The zero-order valence-corrected chi connectivity index (χ0v) is 14.8. The highest BCUT2D eigenvalue weighted by molar-refractivity contribution is 5.98. The number of rotatable bonds is 3. The van der Waals surface area contributed by atoms with Gasteiger partial charge >= 0.3 is 0 Å². The molecule has 1 nitrogen and oxygen atoms in total. The van der Waals surface area contributed by atoms with Crippen LogP contribution in [-0.4, -0.2) is 5.78 Å². The Morgan fingerprint density at radius 1 is 0.826 bits per heavy atom. The van der Waals surface area contributed by atoms with Gasteiger partial charge in [0.1, 0.15) is 0 Å². The molecule has 2 aromatic carbocycles. The van der Waals surface area contributed by atoms with Crippen molar-refractivity contribution < 1.29 is 4.79 Å². The van der Waals surface area contributed by atoms with Crippen molar-refractivity contribution in [3.8, 4) is 11.1 Å². The molecule has 0 aliphatic heterocycles. The number of Topliss-reactive ketones (excluding diaryl/α,β-unsaturated/α-hetero) is 1. The topological polar surface area (TPSA) is 17.1 Å². The molecule has 0 N–H and O–H groups in total. The fraction of sp³-hybridized carbons (Fsp3) is 0.409. The maximum atomic E-state index is 12.7.